The second-order valence-corrected chi connectivity index (χ2v) is 11.8. The summed E-state index contributed by atoms with van der Waals surface area (Å²) < 4.78 is 5.49. The molecule has 2 unspecified atom stereocenters. The van der Waals surface area contributed by atoms with Gasteiger partial charge in [0.15, 0.2) is 0 Å². The van der Waals surface area contributed by atoms with E-state index in [2.05, 4.69) is 10.6 Å². The number of carbonyl (C=O) groups excluding carboxylic acids is 3. The Morgan fingerprint density at radius 2 is 1.45 bits per heavy atom. The third-order valence-electron chi connectivity index (χ3n) is 6.83. The van der Waals surface area contributed by atoms with Crippen molar-refractivity contribution in [3.63, 3.8) is 0 Å². The van der Waals surface area contributed by atoms with Gasteiger partial charge in [-0.15, -0.1) is 0 Å². The van der Waals surface area contributed by atoms with Gasteiger partial charge in [-0.1, -0.05) is 60.7 Å². The first kappa shape index (κ1) is 32.2. The van der Waals surface area contributed by atoms with E-state index in [4.69, 9.17) is 4.74 Å². The normalized spacial score (nSPS) is 12.8. The summed E-state index contributed by atoms with van der Waals surface area (Å²) in [6.07, 6.45) is -0.604. The van der Waals surface area contributed by atoms with Crippen LogP contribution in [0.1, 0.15) is 68.5 Å². The number of hydrogen-bond donors (Lipinski definition) is 3. The Balaban J connectivity index is 2.05. The summed E-state index contributed by atoms with van der Waals surface area (Å²) in [6, 6.07) is 19.4. The molecule has 0 aliphatic rings. The number of alkyl carbamates (subject to hydrolysis) is 1. The Morgan fingerprint density at radius 3 is 2.00 bits per heavy atom. The van der Waals surface area contributed by atoms with E-state index in [1.165, 1.54) is 12.1 Å². The fourth-order valence-corrected chi connectivity index (χ4v) is 4.91. The molecule has 3 aromatic carbocycles. The van der Waals surface area contributed by atoms with Gasteiger partial charge in [-0.25, -0.2) is 4.79 Å². The van der Waals surface area contributed by atoms with Crippen molar-refractivity contribution >= 4 is 17.9 Å². The zero-order valence-electron chi connectivity index (χ0n) is 25.6. The number of phenols is 1. The van der Waals surface area contributed by atoms with E-state index >= 15 is 0 Å². The average molecular weight is 574 g/mol. The average Bonchev–Trinajstić information content (AvgIpc) is 2.91. The summed E-state index contributed by atoms with van der Waals surface area (Å²) >= 11 is 0. The molecule has 3 aromatic rings. The first-order chi connectivity index (χ1) is 19.8. The number of amides is 3. The van der Waals surface area contributed by atoms with E-state index < -0.39 is 35.7 Å². The highest BCUT2D eigenvalue weighted by molar-refractivity contribution is 5.93. The van der Waals surface area contributed by atoms with Crippen molar-refractivity contribution in [2.45, 2.75) is 85.2 Å². The zero-order chi connectivity index (χ0) is 31.0. The Bertz CT molecular complexity index is 1340. The fraction of sp³-hybridized carbons (Fsp3) is 0.382. The Morgan fingerprint density at radius 1 is 0.857 bits per heavy atom. The SMILES string of the molecule is Cc1cccc(C)c1C(C(=O)NCc1ccccc1)N(C(=O)C(Cc1ccc(O)cc1)NC(=O)OC(C)(C)C)C(C)C. The Hall–Kier alpha value is -4.33. The molecule has 0 saturated carbocycles. The number of nitrogens with one attached hydrogen (secondary N) is 2. The molecule has 3 amide bonds. The van der Waals surface area contributed by atoms with E-state index in [0.717, 1.165) is 27.8 Å². The van der Waals surface area contributed by atoms with Gasteiger partial charge in [-0.2, -0.15) is 0 Å². The highest BCUT2D eigenvalue weighted by Gasteiger charge is 2.39. The summed E-state index contributed by atoms with van der Waals surface area (Å²) in [5.74, 6) is -0.652. The minimum atomic E-state index is -1.04. The fourth-order valence-electron chi connectivity index (χ4n) is 4.91. The van der Waals surface area contributed by atoms with Crippen molar-refractivity contribution < 1.29 is 24.2 Å². The van der Waals surface area contributed by atoms with Crippen molar-refractivity contribution in [3.05, 3.63) is 101 Å². The van der Waals surface area contributed by atoms with E-state index in [9.17, 15) is 19.5 Å². The minimum absolute atomic E-state index is 0.0933. The Labute approximate surface area is 249 Å². The van der Waals surface area contributed by atoms with E-state index in [-0.39, 0.29) is 18.1 Å². The summed E-state index contributed by atoms with van der Waals surface area (Å²) in [5.41, 5.74) is 3.39. The van der Waals surface area contributed by atoms with Crippen molar-refractivity contribution in [3.8, 4) is 5.75 Å². The predicted octanol–water partition coefficient (Wildman–Crippen LogP) is 5.74. The van der Waals surface area contributed by atoms with Crippen LogP contribution in [0.2, 0.25) is 0 Å². The van der Waals surface area contributed by atoms with Crippen molar-refractivity contribution in [1.82, 2.24) is 15.5 Å². The lowest BCUT2D eigenvalue weighted by Gasteiger charge is -2.38. The number of ether oxygens (including phenoxy) is 1. The minimum Gasteiger partial charge on any atom is -0.508 e. The lowest BCUT2D eigenvalue weighted by atomic mass is 9.92. The number of carbonyl (C=O) groups is 3. The standard InChI is InChI=1S/C34H43N3O5/c1-22(2)37(32(40)28(36-33(41)42-34(5,6)7)20-25-16-18-27(38)19-17-25)30(29-23(3)12-11-13-24(29)4)31(39)35-21-26-14-9-8-10-15-26/h8-19,22,28,30,38H,20-21H2,1-7H3,(H,35,39)(H,36,41). The molecule has 0 aliphatic carbocycles. The molecule has 0 aromatic heterocycles. The predicted molar refractivity (Wildman–Crippen MR) is 164 cm³/mol. The molecule has 0 aliphatic heterocycles. The van der Waals surface area contributed by atoms with Gasteiger partial charge in [-0.3, -0.25) is 9.59 Å². The number of benzene rings is 3. The quantitative estimate of drug-likeness (QED) is 0.287. The van der Waals surface area contributed by atoms with Gasteiger partial charge >= 0.3 is 6.09 Å². The lowest BCUT2D eigenvalue weighted by molar-refractivity contribution is -0.144. The number of rotatable bonds is 10. The van der Waals surface area contributed by atoms with Crippen LogP contribution in [0.15, 0.2) is 72.8 Å². The van der Waals surface area contributed by atoms with Crippen molar-refractivity contribution in [1.29, 1.82) is 0 Å². The Kier molecular flexibility index (Phi) is 10.8. The van der Waals surface area contributed by atoms with Gasteiger partial charge in [0.25, 0.3) is 0 Å². The van der Waals surface area contributed by atoms with Crippen LogP contribution < -0.4 is 10.6 Å². The maximum absolute atomic E-state index is 14.5. The van der Waals surface area contributed by atoms with E-state index in [1.54, 1.807) is 37.8 Å². The first-order valence-corrected chi connectivity index (χ1v) is 14.2. The third-order valence-corrected chi connectivity index (χ3v) is 6.83. The summed E-state index contributed by atoms with van der Waals surface area (Å²) in [5, 5.41) is 15.6. The molecule has 0 heterocycles. The van der Waals surface area contributed by atoms with Crippen LogP contribution in [-0.2, 0) is 27.3 Å². The monoisotopic (exact) mass is 573 g/mol. The summed E-state index contributed by atoms with van der Waals surface area (Å²) in [7, 11) is 0. The second kappa shape index (κ2) is 14.0. The maximum Gasteiger partial charge on any atom is 0.408 e. The van der Waals surface area contributed by atoms with Crippen LogP contribution in [-0.4, -0.2) is 45.6 Å². The molecule has 3 rings (SSSR count). The third kappa shape index (κ3) is 8.83. The van der Waals surface area contributed by atoms with Crippen molar-refractivity contribution in [2.75, 3.05) is 0 Å². The largest absolute Gasteiger partial charge is 0.508 e. The van der Waals surface area contributed by atoms with Gasteiger partial charge in [-0.05, 0) is 88.4 Å². The molecular formula is C34H43N3O5. The highest BCUT2D eigenvalue weighted by atomic mass is 16.6. The second-order valence-electron chi connectivity index (χ2n) is 11.8. The summed E-state index contributed by atoms with van der Waals surface area (Å²) in [4.78, 5) is 43.0. The van der Waals surface area contributed by atoms with E-state index in [0.29, 0.717) is 6.54 Å². The van der Waals surface area contributed by atoms with Crippen LogP contribution in [0.4, 0.5) is 4.79 Å². The van der Waals surface area contributed by atoms with E-state index in [1.807, 2.05) is 76.2 Å². The van der Waals surface area contributed by atoms with Gasteiger partial charge in [0.2, 0.25) is 11.8 Å². The molecule has 8 heteroatoms. The first-order valence-electron chi connectivity index (χ1n) is 14.2. The molecule has 8 nitrogen and oxygen atoms in total. The molecule has 0 spiro atoms. The molecule has 0 bridgehead atoms. The molecule has 0 saturated heterocycles. The molecule has 0 fully saturated rings. The molecule has 3 N–H and O–H groups in total. The molecule has 0 radical (unpaired) electrons. The maximum atomic E-state index is 14.5. The highest BCUT2D eigenvalue weighted by Crippen LogP contribution is 2.30. The van der Waals surface area contributed by atoms with Crippen LogP contribution in [0.5, 0.6) is 5.75 Å². The van der Waals surface area contributed by atoms with Crippen LogP contribution in [0.25, 0.3) is 0 Å². The number of nitrogens with zero attached hydrogens (tertiary/aromatic N) is 1. The van der Waals surface area contributed by atoms with Crippen molar-refractivity contribution in [2.24, 2.45) is 0 Å². The van der Waals surface area contributed by atoms with Crippen LogP contribution in [0.3, 0.4) is 0 Å². The number of phenolic OH excluding ortho intramolecular Hbond substituents is 1. The van der Waals surface area contributed by atoms with Crippen LogP contribution >= 0.6 is 0 Å². The van der Waals surface area contributed by atoms with Gasteiger partial charge in [0.1, 0.15) is 23.4 Å². The number of hydrogen-bond acceptors (Lipinski definition) is 5. The molecule has 42 heavy (non-hydrogen) atoms. The topological polar surface area (TPSA) is 108 Å². The zero-order valence-corrected chi connectivity index (χ0v) is 25.6. The number of aromatic hydroxyl groups is 1. The molecular weight excluding hydrogens is 530 g/mol. The smallest absolute Gasteiger partial charge is 0.408 e. The van der Waals surface area contributed by atoms with Gasteiger partial charge in [0.05, 0.1) is 0 Å². The van der Waals surface area contributed by atoms with Gasteiger partial charge < -0.3 is 25.4 Å². The molecule has 2 atom stereocenters. The number of aryl methyl sites for hydroxylation is 2. The van der Waals surface area contributed by atoms with Crippen LogP contribution in [0, 0.1) is 13.8 Å². The lowest BCUT2D eigenvalue weighted by Crippen LogP contribution is -2.55. The summed E-state index contributed by atoms with van der Waals surface area (Å²) in [6.45, 7) is 13.1. The van der Waals surface area contributed by atoms with Gasteiger partial charge in [0, 0.05) is 19.0 Å². The molecule has 224 valence electrons.